The minimum atomic E-state index is -0.231. The van der Waals surface area contributed by atoms with Crippen LogP contribution in [0.2, 0.25) is 0 Å². The van der Waals surface area contributed by atoms with Gasteiger partial charge in [-0.2, -0.15) is 0 Å². The third kappa shape index (κ3) is 3.36. The van der Waals surface area contributed by atoms with Crippen LogP contribution in [-0.4, -0.2) is 5.11 Å². The summed E-state index contributed by atoms with van der Waals surface area (Å²) < 4.78 is 12.9. The molecule has 0 heterocycles. The summed E-state index contributed by atoms with van der Waals surface area (Å²) in [7, 11) is 0. The van der Waals surface area contributed by atoms with E-state index >= 15 is 0 Å². The quantitative estimate of drug-likeness (QED) is 0.872. The Hall–Kier alpha value is -1.87. The van der Waals surface area contributed by atoms with Crippen LogP contribution in [0.25, 0.3) is 0 Å². The fourth-order valence-electron chi connectivity index (χ4n) is 2.33. The van der Waals surface area contributed by atoms with Crippen LogP contribution in [0.15, 0.2) is 42.5 Å². The van der Waals surface area contributed by atoms with Crippen molar-refractivity contribution in [3.63, 3.8) is 0 Å². The van der Waals surface area contributed by atoms with Crippen LogP contribution in [0.3, 0.4) is 0 Å². The molecule has 20 heavy (non-hydrogen) atoms. The Morgan fingerprint density at radius 3 is 2.30 bits per heavy atom. The van der Waals surface area contributed by atoms with Gasteiger partial charge in [-0.1, -0.05) is 29.8 Å². The molecule has 2 aromatic carbocycles. The minimum absolute atomic E-state index is 0.00922. The summed E-state index contributed by atoms with van der Waals surface area (Å²) in [6, 6.07) is 12.1. The molecule has 0 aliphatic heterocycles. The largest absolute Gasteiger partial charge is 0.508 e. The van der Waals surface area contributed by atoms with Gasteiger partial charge in [-0.15, -0.1) is 0 Å². The van der Waals surface area contributed by atoms with E-state index in [1.807, 2.05) is 32.9 Å². The predicted octanol–water partition coefficient (Wildman–Crippen LogP) is 4.25. The molecule has 0 aliphatic carbocycles. The molecule has 2 unspecified atom stereocenters. The van der Waals surface area contributed by atoms with E-state index in [1.54, 1.807) is 18.2 Å². The van der Waals surface area contributed by atoms with Gasteiger partial charge in [0.15, 0.2) is 0 Å². The number of hydrogen-bond acceptors (Lipinski definition) is 2. The number of rotatable bonds is 4. The Kier molecular flexibility index (Phi) is 4.40. The molecule has 0 amide bonds. The molecule has 0 fully saturated rings. The van der Waals surface area contributed by atoms with Crippen LogP contribution in [0.1, 0.15) is 42.6 Å². The highest BCUT2D eigenvalue weighted by atomic mass is 19.1. The molecule has 0 aromatic heterocycles. The zero-order valence-electron chi connectivity index (χ0n) is 12.0. The summed E-state index contributed by atoms with van der Waals surface area (Å²) in [5.74, 6) is 0.0623. The lowest BCUT2D eigenvalue weighted by molar-refractivity contribution is 0.438. The average molecular weight is 273 g/mol. The zero-order chi connectivity index (χ0) is 14.7. The molecule has 2 aromatic rings. The van der Waals surface area contributed by atoms with E-state index in [0.29, 0.717) is 5.75 Å². The Morgan fingerprint density at radius 2 is 1.65 bits per heavy atom. The molecular formula is C17H20FNO. The van der Waals surface area contributed by atoms with Crippen LogP contribution < -0.4 is 5.32 Å². The van der Waals surface area contributed by atoms with Gasteiger partial charge in [0, 0.05) is 17.6 Å². The maximum atomic E-state index is 12.9. The van der Waals surface area contributed by atoms with E-state index in [1.165, 1.54) is 12.1 Å². The molecule has 3 heteroatoms. The number of hydrogen-bond donors (Lipinski definition) is 2. The molecule has 0 spiro atoms. The van der Waals surface area contributed by atoms with Crippen molar-refractivity contribution in [1.82, 2.24) is 5.32 Å². The normalized spacial score (nSPS) is 14.0. The van der Waals surface area contributed by atoms with Gasteiger partial charge in [-0.05, 0) is 44.5 Å². The second kappa shape index (κ2) is 6.06. The molecule has 0 saturated heterocycles. The van der Waals surface area contributed by atoms with Crippen molar-refractivity contribution in [1.29, 1.82) is 0 Å². The smallest absolute Gasteiger partial charge is 0.123 e. The SMILES string of the molecule is Cc1ccc(O)c(C(C)NC(C)c2ccc(F)cc2)c1. The van der Waals surface area contributed by atoms with Crippen molar-refractivity contribution < 1.29 is 9.50 Å². The van der Waals surface area contributed by atoms with Gasteiger partial charge in [-0.3, -0.25) is 0 Å². The van der Waals surface area contributed by atoms with E-state index < -0.39 is 0 Å². The molecular weight excluding hydrogens is 253 g/mol. The van der Waals surface area contributed by atoms with Crippen molar-refractivity contribution >= 4 is 0 Å². The van der Waals surface area contributed by atoms with Crippen LogP contribution in [-0.2, 0) is 0 Å². The topological polar surface area (TPSA) is 32.3 Å². The lowest BCUT2D eigenvalue weighted by atomic mass is 10.0. The summed E-state index contributed by atoms with van der Waals surface area (Å²) >= 11 is 0. The van der Waals surface area contributed by atoms with E-state index in [-0.39, 0.29) is 17.9 Å². The molecule has 0 bridgehead atoms. The number of phenols is 1. The van der Waals surface area contributed by atoms with Crippen molar-refractivity contribution in [3.05, 3.63) is 65.0 Å². The number of benzene rings is 2. The first kappa shape index (κ1) is 14.5. The average Bonchev–Trinajstić information content (AvgIpc) is 2.42. The standard InChI is InChI=1S/C17H20FNO/c1-11-4-9-17(20)16(10-11)13(3)19-12(2)14-5-7-15(18)8-6-14/h4-10,12-13,19-20H,1-3H3. The number of aromatic hydroxyl groups is 1. The van der Waals surface area contributed by atoms with Crippen LogP contribution in [0.5, 0.6) is 5.75 Å². The molecule has 0 radical (unpaired) electrons. The first-order chi connectivity index (χ1) is 9.47. The van der Waals surface area contributed by atoms with E-state index in [2.05, 4.69) is 5.32 Å². The van der Waals surface area contributed by atoms with Crippen molar-refractivity contribution in [2.75, 3.05) is 0 Å². The molecule has 2 rings (SSSR count). The molecule has 106 valence electrons. The highest BCUT2D eigenvalue weighted by Gasteiger charge is 2.14. The Labute approximate surface area is 119 Å². The van der Waals surface area contributed by atoms with Crippen molar-refractivity contribution in [2.45, 2.75) is 32.9 Å². The zero-order valence-corrected chi connectivity index (χ0v) is 12.0. The van der Waals surface area contributed by atoms with Crippen molar-refractivity contribution in [3.8, 4) is 5.75 Å². The molecule has 2 atom stereocenters. The first-order valence-corrected chi connectivity index (χ1v) is 6.78. The van der Waals surface area contributed by atoms with Gasteiger partial charge < -0.3 is 10.4 Å². The summed E-state index contributed by atoms with van der Waals surface area (Å²) in [5, 5.41) is 13.4. The van der Waals surface area contributed by atoms with Gasteiger partial charge in [0.05, 0.1) is 0 Å². The maximum Gasteiger partial charge on any atom is 0.123 e. The fraction of sp³-hybridized carbons (Fsp3) is 0.294. The highest BCUT2D eigenvalue weighted by Crippen LogP contribution is 2.27. The number of aryl methyl sites for hydroxylation is 1. The van der Waals surface area contributed by atoms with Gasteiger partial charge in [-0.25, -0.2) is 4.39 Å². The molecule has 0 aliphatic rings. The molecule has 2 N–H and O–H groups in total. The predicted molar refractivity (Wildman–Crippen MR) is 79.2 cm³/mol. The number of phenolic OH excluding ortho intramolecular Hbond substituents is 1. The summed E-state index contributed by atoms with van der Waals surface area (Å²) in [6.07, 6.45) is 0. The van der Waals surface area contributed by atoms with Gasteiger partial charge >= 0.3 is 0 Å². The van der Waals surface area contributed by atoms with Crippen LogP contribution >= 0.6 is 0 Å². The van der Waals surface area contributed by atoms with Gasteiger partial charge in [0.1, 0.15) is 11.6 Å². The summed E-state index contributed by atoms with van der Waals surface area (Å²) in [5.41, 5.74) is 3.00. The number of halogens is 1. The molecule has 0 saturated carbocycles. The second-order valence-electron chi connectivity index (χ2n) is 5.22. The summed E-state index contributed by atoms with van der Waals surface area (Å²) in [6.45, 7) is 6.03. The first-order valence-electron chi connectivity index (χ1n) is 6.78. The van der Waals surface area contributed by atoms with E-state index in [4.69, 9.17) is 0 Å². The van der Waals surface area contributed by atoms with E-state index in [0.717, 1.165) is 16.7 Å². The monoisotopic (exact) mass is 273 g/mol. The third-order valence-electron chi connectivity index (χ3n) is 3.52. The maximum absolute atomic E-state index is 12.9. The highest BCUT2D eigenvalue weighted by molar-refractivity contribution is 5.38. The summed E-state index contributed by atoms with van der Waals surface area (Å²) in [4.78, 5) is 0. The lowest BCUT2D eigenvalue weighted by Crippen LogP contribution is -2.22. The van der Waals surface area contributed by atoms with Gasteiger partial charge in [0.2, 0.25) is 0 Å². The Balaban J connectivity index is 2.12. The Morgan fingerprint density at radius 1 is 1.00 bits per heavy atom. The lowest BCUT2D eigenvalue weighted by Gasteiger charge is -2.22. The minimum Gasteiger partial charge on any atom is -0.508 e. The Bertz CT molecular complexity index is 580. The second-order valence-corrected chi connectivity index (χ2v) is 5.22. The fourth-order valence-corrected chi connectivity index (χ4v) is 2.33. The van der Waals surface area contributed by atoms with Crippen LogP contribution in [0, 0.1) is 12.7 Å². The molecule has 2 nitrogen and oxygen atoms in total. The van der Waals surface area contributed by atoms with E-state index in [9.17, 15) is 9.50 Å². The van der Waals surface area contributed by atoms with Gasteiger partial charge in [0.25, 0.3) is 0 Å². The van der Waals surface area contributed by atoms with Crippen LogP contribution in [0.4, 0.5) is 4.39 Å². The number of nitrogens with one attached hydrogen (secondary N) is 1. The van der Waals surface area contributed by atoms with Crippen molar-refractivity contribution in [2.24, 2.45) is 0 Å². The third-order valence-corrected chi connectivity index (χ3v) is 3.52.